The Kier molecular flexibility index (Phi) is 4.92. The number of hydrogen-bond donors (Lipinski definition) is 2. The average Bonchev–Trinajstić information content (AvgIpc) is 3.21. The molecule has 0 saturated heterocycles. The SMILES string of the molecule is COc1ccc([C@H]2C(C#N)=C(N)Oc3n[nH]c(-c4cccc([N+](=O)[O-])c4)c32)c(OC)c1. The van der Waals surface area contributed by atoms with Crippen LogP contribution < -0.4 is 19.9 Å². The summed E-state index contributed by atoms with van der Waals surface area (Å²) in [4.78, 5) is 10.8. The summed E-state index contributed by atoms with van der Waals surface area (Å²) in [5.41, 5.74) is 8.26. The molecule has 1 aliphatic heterocycles. The molecule has 156 valence electrons. The van der Waals surface area contributed by atoms with Gasteiger partial charge in [0, 0.05) is 29.3 Å². The van der Waals surface area contributed by atoms with Crippen LogP contribution in [0.5, 0.6) is 17.4 Å². The molecule has 0 saturated carbocycles. The van der Waals surface area contributed by atoms with Crippen LogP contribution in [-0.4, -0.2) is 29.3 Å². The number of fused-ring (bicyclic) bond motifs is 1. The maximum atomic E-state index is 11.2. The first-order valence-electron chi connectivity index (χ1n) is 9.11. The van der Waals surface area contributed by atoms with Gasteiger partial charge in [-0.2, -0.15) is 5.26 Å². The van der Waals surface area contributed by atoms with Crippen molar-refractivity contribution in [2.24, 2.45) is 5.73 Å². The predicted octanol–water partition coefficient (Wildman–Crippen LogP) is 3.22. The molecule has 0 unspecified atom stereocenters. The van der Waals surface area contributed by atoms with Gasteiger partial charge in [-0.25, -0.2) is 0 Å². The minimum Gasteiger partial charge on any atom is -0.497 e. The van der Waals surface area contributed by atoms with Gasteiger partial charge in [0.25, 0.3) is 5.69 Å². The number of rotatable bonds is 5. The molecule has 31 heavy (non-hydrogen) atoms. The Balaban J connectivity index is 1.96. The Morgan fingerprint density at radius 1 is 1.26 bits per heavy atom. The minimum absolute atomic E-state index is 0.0741. The molecule has 4 rings (SSSR count). The molecular weight excluding hydrogens is 402 g/mol. The molecular formula is C21H17N5O5. The number of aromatic amines is 1. The summed E-state index contributed by atoms with van der Waals surface area (Å²) in [6.07, 6.45) is 0. The molecule has 1 atom stereocenters. The largest absolute Gasteiger partial charge is 0.497 e. The zero-order valence-electron chi connectivity index (χ0n) is 16.6. The number of nitriles is 1. The van der Waals surface area contributed by atoms with E-state index in [-0.39, 0.29) is 23.0 Å². The third kappa shape index (κ3) is 3.28. The van der Waals surface area contributed by atoms with Crippen LogP contribution in [0.15, 0.2) is 53.9 Å². The van der Waals surface area contributed by atoms with Crippen LogP contribution in [0.3, 0.4) is 0 Å². The van der Waals surface area contributed by atoms with Gasteiger partial charge in [0.1, 0.15) is 23.1 Å². The number of nitrogens with two attached hydrogens (primary N) is 1. The molecule has 2 aromatic carbocycles. The maximum Gasteiger partial charge on any atom is 0.270 e. The first-order chi connectivity index (χ1) is 15.0. The number of H-pyrrole nitrogens is 1. The molecule has 3 N–H and O–H groups in total. The highest BCUT2D eigenvalue weighted by atomic mass is 16.6. The van der Waals surface area contributed by atoms with Crippen molar-refractivity contribution in [2.45, 2.75) is 5.92 Å². The van der Waals surface area contributed by atoms with Crippen molar-refractivity contribution in [2.75, 3.05) is 14.2 Å². The lowest BCUT2D eigenvalue weighted by Gasteiger charge is -2.25. The first kappa shape index (κ1) is 19.8. The average molecular weight is 419 g/mol. The second-order valence-corrected chi connectivity index (χ2v) is 6.66. The van der Waals surface area contributed by atoms with Crippen LogP contribution in [0.2, 0.25) is 0 Å². The van der Waals surface area contributed by atoms with Gasteiger partial charge in [-0.3, -0.25) is 15.2 Å². The number of ether oxygens (including phenoxy) is 3. The summed E-state index contributed by atoms with van der Waals surface area (Å²) in [5, 5.41) is 28.1. The Morgan fingerprint density at radius 3 is 2.74 bits per heavy atom. The van der Waals surface area contributed by atoms with E-state index in [0.29, 0.717) is 33.9 Å². The highest BCUT2D eigenvalue weighted by Gasteiger charge is 2.37. The summed E-state index contributed by atoms with van der Waals surface area (Å²) in [6.45, 7) is 0. The van der Waals surface area contributed by atoms with Crippen LogP contribution >= 0.6 is 0 Å². The van der Waals surface area contributed by atoms with Crippen LogP contribution in [0.1, 0.15) is 17.0 Å². The molecule has 1 aliphatic rings. The Morgan fingerprint density at radius 2 is 2.06 bits per heavy atom. The van der Waals surface area contributed by atoms with Crippen LogP contribution in [0, 0.1) is 21.4 Å². The molecule has 10 heteroatoms. The maximum absolute atomic E-state index is 11.2. The van der Waals surface area contributed by atoms with Crippen molar-refractivity contribution in [3.8, 4) is 34.7 Å². The summed E-state index contributed by atoms with van der Waals surface area (Å²) >= 11 is 0. The van der Waals surface area contributed by atoms with E-state index in [0.717, 1.165) is 0 Å². The van der Waals surface area contributed by atoms with Crippen molar-refractivity contribution >= 4 is 5.69 Å². The fourth-order valence-corrected chi connectivity index (χ4v) is 3.61. The van der Waals surface area contributed by atoms with Gasteiger partial charge >= 0.3 is 0 Å². The summed E-state index contributed by atoms with van der Waals surface area (Å²) in [7, 11) is 3.05. The van der Waals surface area contributed by atoms with Gasteiger partial charge < -0.3 is 19.9 Å². The van der Waals surface area contributed by atoms with E-state index in [1.165, 1.54) is 26.4 Å². The van der Waals surface area contributed by atoms with E-state index < -0.39 is 10.8 Å². The lowest BCUT2D eigenvalue weighted by Crippen LogP contribution is -2.21. The summed E-state index contributed by atoms with van der Waals surface area (Å²) in [5.74, 6) is 0.483. The molecule has 1 aromatic heterocycles. The number of benzene rings is 2. The second kappa shape index (κ2) is 7.72. The standard InChI is InChI=1S/C21H17N5O5/c1-29-13-6-7-14(16(9-13)30-2)17-15(10-22)20(23)31-21-18(17)19(24-25-21)11-4-3-5-12(8-11)26(27)28/h3-9,17H,23H2,1-2H3,(H,24,25)/t17-/m0/s1. The molecule has 0 amide bonds. The fourth-order valence-electron chi connectivity index (χ4n) is 3.61. The number of nitro groups is 1. The van der Waals surface area contributed by atoms with Crippen LogP contribution in [-0.2, 0) is 0 Å². The highest BCUT2D eigenvalue weighted by Crippen LogP contribution is 2.48. The van der Waals surface area contributed by atoms with Gasteiger partial charge in [-0.1, -0.05) is 18.2 Å². The molecule has 2 heterocycles. The summed E-state index contributed by atoms with van der Waals surface area (Å²) < 4.78 is 16.4. The second-order valence-electron chi connectivity index (χ2n) is 6.66. The van der Waals surface area contributed by atoms with Gasteiger partial charge in [-0.05, 0) is 6.07 Å². The van der Waals surface area contributed by atoms with Crippen molar-refractivity contribution in [1.82, 2.24) is 10.2 Å². The number of methoxy groups -OCH3 is 2. The normalized spacial score (nSPS) is 14.9. The number of non-ortho nitro benzene ring substituents is 1. The van der Waals surface area contributed by atoms with Crippen molar-refractivity contribution < 1.29 is 19.1 Å². The lowest BCUT2D eigenvalue weighted by atomic mass is 9.82. The zero-order chi connectivity index (χ0) is 22.1. The highest BCUT2D eigenvalue weighted by molar-refractivity contribution is 5.73. The third-order valence-corrected chi connectivity index (χ3v) is 5.04. The number of nitrogens with zero attached hydrogens (tertiary/aromatic N) is 3. The Hall–Kier alpha value is -4.52. The zero-order valence-corrected chi connectivity index (χ0v) is 16.6. The molecule has 10 nitrogen and oxygen atoms in total. The Bertz CT molecular complexity index is 1260. The predicted molar refractivity (Wildman–Crippen MR) is 110 cm³/mol. The molecule has 0 radical (unpaired) electrons. The van der Waals surface area contributed by atoms with Gasteiger partial charge in [0.2, 0.25) is 11.8 Å². The topological polar surface area (TPSA) is 149 Å². The molecule has 0 aliphatic carbocycles. The van der Waals surface area contributed by atoms with E-state index in [9.17, 15) is 15.4 Å². The van der Waals surface area contributed by atoms with Gasteiger partial charge in [0.15, 0.2) is 0 Å². The first-order valence-corrected chi connectivity index (χ1v) is 9.11. The van der Waals surface area contributed by atoms with Crippen LogP contribution in [0.25, 0.3) is 11.3 Å². The van der Waals surface area contributed by atoms with E-state index >= 15 is 0 Å². The molecule has 0 spiro atoms. The summed E-state index contributed by atoms with van der Waals surface area (Å²) in [6, 6.07) is 13.4. The quantitative estimate of drug-likeness (QED) is 0.473. The molecule has 3 aromatic rings. The number of nitrogens with one attached hydrogen (secondary N) is 1. The monoisotopic (exact) mass is 419 g/mol. The van der Waals surface area contributed by atoms with Gasteiger partial charge in [-0.15, -0.1) is 5.10 Å². The molecule has 0 bridgehead atoms. The molecule has 0 fully saturated rings. The van der Waals surface area contributed by atoms with E-state index in [2.05, 4.69) is 16.3 Å². The smallest absolute Gasteiger partial charge is 0.270 e. The number of aromatic nitrogens is 2. The van der Waals surface area contributed by atoms with Gasteiger partial charge in [0.05, 0.1) is 36.3 Å². The Labute approximate surface area is 176 Å². The van der Waals surface area contributed by atoms with Crippen LogP contribution in [0.4, 0.5) is 5.69 Å². The third-order valence-electron chi connectivity index (χ3n) is 5.04. The fraction of sp³-hybridized carbons (Fsp3) is 0.143. The van der Waals surface area contributed by atoms with Crippen molar-refractivity contribution in [3.05, 3.63) is 75.2 Å². The lowest BCUT2D eigenvalue weighted by molar-refractivity contribution is -0.384. The number of allylic oxidation sites excluding steroid dienone is 1. The number of hydrogen-bond acceptors (Lipinski definition) is 8. The van der Waals surface area contributed by atoms with E-state index in [1.807, 2.05) is 0 Å². The van der Waals surface area contributed by atoms with Crippen molar-refractivity contribution in [3.63, 3.8) is 0 Å². The minimum atomic E-state index is -0.678. The number of nitro benzene ring substituents is 1. The van der Waals surface area contributed by atoms with E-state index in [4.69, 9.17) is 19.9 Å². The van der Waals surface area contributed by atoms with E-state index in [1.54, 1.807) is 30.3 Å². The van der Waals surface area contributed by atoms with Crippen molar-refractivity contribution in [1.29, 1.82) is 5.26 Å².